The molecule has 1 amide bonds. The molecule has 1 fully saturated rings. The van der Waals surface area contributed by atoms with Crippen LogP contribution in [0, 0.1) is 0 Å². The molecule has 1 rings (SSSR count). The summed E-state index contributed by atoms with van der Waals surface area (Å²) >= 11 is 0. The molecule has 2 N–H and O–H groups in total. The first-order valence-corrected chi connectivity index (χ1v) is 4.45. The Morgan fingerprint density at radius 3 is 2.92 bits per heavy atom. The smallest absolute Gasteiger partial charge is 0.409 e. The first-order chi connectivity index (χ1) is 6.15. The third kappa shape index (κ3) is 2.57. The van der Waals surface area contributed by atoms with Crippen molar-refractivity contribution in [1.82, 2.24) is 9.91 Å². The van der Waals surface area contributed by atoms with Crippen LogP contribution in [-0.4, -0.2) is 49.3 Å². The molecule has 0 aromatic rings. The number of rotatable bonds is 2. The lowest BCUT2D eigenvalue weighted by Crippen LogP contribution is -2.44. The van der Waals surface area contributed by atoms with E-state index in [2.05, 4.69) is 4.74 Å². The molecule has 13 heavy (non-hydrogen) atoms. The second-order valence-corrected chi connectivity index (χ2v) is 3.38. The van der Waals surface area contributed by atoms with Crippen LogP contribution in [0.1, 0.15) is 12.8 Å². The number of ether oxygens (including phenoxy) is 1. The fourth-order valence-electron chi connectivity index (χ4n) is 1.60. The first-order valence-electron chi connectivity index (χ1n) is 4.45. The van der Waals surface area contributed by atoms with Crippen LogP contribution >= 0.6 is 0 Å². The van der Waals surface area contributed by atoms with Crippen LogP contribution in [0.4, 0.5) is 4.79 Å². The maximum absolute atomic E-state index is 11.1. The minimum absolute atomic E-state index is 0.282. The molecular weight excluding hydrogens is 170 g/mol. The normalized spacial score (nSPS) is 23.2. The monoisotopic (exact) mass is 187 g/mol. The highest BCUT2D eigenvalue weighted by atomic mass is 16.5. The van der Waals surface area contributed by atoms with E-state index in [9.17, 15) is 4.79 Å². The van der Waals surface area contributed by atoms with E-state index >= 15 is 0 Å². The fourth-order valence-corrected chi connectivity index (χ4v) is 1.60. The zero-order chi connectivity index (χ0) is 9.84. The van der Waals surface area contributed by atoms with Crippen molar-refractivity contribution in [3.8, 4) is 0 Å². The predicted octanol–water partition coefficient (Wildman–Crippen LogP) is 0.0227. The van der Waals surface area contributed by atoms with Gasteiger partial charge in [0, 0.05) is 26.2 Å². The van der Waals surface area contributed by atoms with Crippen molar-refractivity contribution in [2.75, 3.05) is 27.2 Å². The number of nitrogens with zero attached hydrogens (tertiary/aromatic N) is 2. The van der Waals surface area contributed by atoms with Crippen molar-refractivity contribution in [2.24, 2.45) is 5.84 Å². The summed E-state index contributed by atoms with van der Waals surface area (Å²) in [6.45, 7) is 1.56. The summed E-state index contributed by atoms with van der Waals surface area (Å²) in [6.07, 6.45) is 1.86. The number of nitrogens with two attached hydrogens (primary N) is 1. The van der Waals surface area contributed by atoms with Gasteiger partial charge in [0.25, 0.3) is 0 Å². The van der Waals surface area contributed by atoms with Crippen LogP contribution in [0.2, 0.25) is 0 Å². The van der Waals surface area contributed by atoms with Crippen LogP contribution in [-0.2, 0) is 4.74 Å². The Hall–Kier alpha value is -0.810. The quantitative estimate of drug-likeness (QED) is 0.619. The van der Waals surface area contributed by atoms with Gasteiger partial charge in [0.05, 0.1) is 7.11 Å². The van der Waals surface area contributed by atoms with E-state index in [1.54, 1.807) is 17.0 Å². The zero-order valence-corrected chi connectivity index (χ0v) is 8.19. The van der Waals surface area contributed by atoms with Gasteiger partial charge in [-0.15, -0.1) is 0 Å². The lowest BCUT2D eigenvalue weighted by atomic mass is 10.2. The molecule has 0 saturated carbocycles. The average molecular weight is 187 g/mol. The zero-order valence-electron chi connectivity index (χ0n) is 8.19. The molecule has 1 heterocycles. The minimum Gasteiger partial charge on any atom is -0.453 e. The van der Waals surface area contributed by atoms with Gasteiger partial charge in [0.15, 0.2) is 0 Å². The molecule has 1 atom stereocenters. The maximum atomic E-state index is 11.1. The van der Waals surface area contributed by atoms with Gasteiger partial charge in [-0.3, -0.25) is 5.84 Å². The molecule has 0 spiro atoms. The van der Waals surface area contributed by atoms with E-state index in [1.807, 2.05) is 0 Å². The van der Waals surface area contributed by atoms with E-state index in [1.165, 1.54) is 7.11 Å². The van der Waals surface area contributed by atoms with Crippen LogP contribution in [0.15, 0.2) is 0 Å². The van der Waals surface area contributed by atoms with Gasteiger partial charge < -0.3 is 9.64 Å². The molecule has 0 aliphatic carbocycles. The third-order valence-electron chi connectivity index (χ3n) is 2.39. The van der Waals surface area contributed by atoms with E-state index in [4.69, 9.17) is 5.84 Å². The van der Waals surface area contributed by atoms with E-state index in [-0.39, 0.29) is 12.1 Å². The third-order valence-corrected chi connectivity index (χ3v) is 2.39. The van der Waals surface area contributed by atoms with Gasteiger partial charge in [-0.25, -0.2) is 9.80 Å². The molecule has 1 aliphatic heterocycles. The summed E-state index contributed by atoms with van der Waals surface area (Å²) in [5, 5.41) is 1.79. The molecule has 1 unspecified atom stereocenters. The summed E-state index contributed by atoms with van der Waals surface area (Å²) in [4.78, 5) is 12.6. The summed E-state index contributed by atoms with van der Waals surface area (Å²) in [7, 11) is 3.10. The summed E-state index contributed by atoms with van der Waals surface area (Å²) in [6, 6.07) is 0.282. The Balaban J connectivity index is 2.34. The molecule has 0 aromatic carbocycles. The molecule has 0 aromatic heterocycles. The lowest BCUT2D eigenvalue weighted by molar-refractivity contribution is 0.119. The Morgan fingerprint density at radius 2 is 2.46 bits per heavy atom. The van der Waals surface area contributed by atoms with E-state index in [0.29, 0.717) is 6.54 Å². The second-order valence-electron chi connectivity index (χ2n) is 3.38. The van der Waals surface area contributed by atoms with Crippen molar-refractivity contribution in [1.29, 1.82) is 0 Å². The number of methoxy groups -OCH3 is 1. The van der Waals surface area contributed by atoms with Crippen molar-refractivity contribution in [3.63, 3.8) is 0 Å². The SMILES string of the molecule is COC(=O)N(C)CC1CCCN1N. The van der Waals surface area contributed by atoms with Crippen LogP contribution in [0.25, 0.3) is 0 Å². The average Bonchev–Trinajstić information content (AvgIpc) is 2.50. The number of carbonyl (C=O) groups excluding carboxylic acids is 1. The Morgan fingerprint density at radius 1 is 1.77 bits per heavy atom. The molecule has 5 nitrogen and oxygen atoms in total. The molecule has 0 bridgehead atoms. The van der Waals surface area contributed by atoms with Gasteiger partial charge in [-0.05, 0) is 12.8 Å². The molecule has 1 saturated heterocycles. The molecule has 1 aliphatic rings. The van der Waals surface area contributed by atoms with Crippen LogP contribution in [0.5, 0.6) is 0 Å². The summed E-state index contributed by atoms with van der Waals surface area (Å²) in [5.41, 5.74) is 0. The van der Waals surface area contributed by atoms with Gasteiger partial charge >= 0.3 is 6.09 Å². The maximum Gasteiger partial charge on any atom is 0.409 e. The number of carbonyl (C=O) groups is 1. The van der Waals surface area contributed by atoms with Crippen molar-refractivity contribution in [2.45, 2.75) is 18.9 Å². The minimum atomic E-state index is -0.305. The molecule has 5 heteroatoms. The summed E-state index contributed by atoms with van der Waals surface area (Å²) < 4.78 is 4.59. The largest absolute Gasteiger partial charge is 0.453 e. The molecular formula is C8H17N3O2. The molecule has 76 valence electrons. The summed E-state index contributed by atoms with van der Waals surface area (Å²) in [5.74, 6) is 5.72. The second kappa shape index (κ2) is 4.43. The van der Waals surface area contributed by atoms with Gasteiger partial charge in [-0.1, -0.05) is 0 Å². The highest BCUT2D eigenvalue weighted by molar-refractivity contribution is 5.66. The fraction of sp³-hybridized carbons (Fsp3) is 0.875. The van der Waals surface area contributed by atoms with Gasteiger partial charge in [-0.2, -0.15) is 0 Å². The van der Waals surface area contributed by atoms with Gasteiger partial charge in [0.1, 0.15) is 0 Å². The standard InChI is InChI=1S/C8H17N3O2/c1-10(8(12)13-2)6-7-4-3-5-11(7)9/h7H,3-6,9H2,1-2H3. The topological polar surface area (TPSA) is 58.8 Å². The highest BCUT2D eigenvalue weighted by Crippen LogP contribution is 2.13. The van der Waals surface area contributed by atoms with E-state index in [0.717, 1.165) is 19.4 Å². The predicted molar refractivity (Wildman–Crippen MR) is 49.0 cm³/mol. The number of hydrogen-bond donors (Lipinski definition) is 1. The number of likely N-dealkylation sites (N-methyl/N-ethyl adjacent to an activating group) is 1. The first kappa shape index (κ1) is 10.3. The Labute approximate surface area is 78.4 Å². The number of hydrogen-bond acceptors (Lipinski definition) is 4. The van der Waals surface area contributed by atoms with E-state index < -0.39 is 0 Å². The lowest BCUT2D eigenvalue weighted by Gasteiger charge is -2.24. The van der Waals surface area contributed by atoms with Gasteiger partial charge in [0.2, 0.25) is 0 Å². The van der Waals surface area contributed by atoms with Crippen LogP contribution < -0.4 is 5.84 Å². The Kier molecular flexibility index (Phi) is 3.50. The molecule has 0 radical (unpaired) electrons. The number of hydrazine groups is 1. The van der Waals surface area contributed by atoms with Crippen molar-refractivity contribution in [3.05, 3.63) is 0 Å². The van der Waals surface area contributed by atoms with Crippen molar-refractivity contribution < 1.29 is 9.53 Å². The number of amides is 1. The van der Waals surface area contributed by atoms with Crippen LogP contribution in [0.3, 0.4) is 0 Å². The highest BCUT2D eigenvalue weighted by Gasteiger charge is 2.24. The Bertz CT molecular complexity index is 186. The van der Waals surface area contributed by atoms with Crippen molar-refractivity contribution >= 4 is 6.09 Å².